The second-order valence-electron chi connectivity index (χ2n) is 5.46. The Morgan fingerprint density at radius 3 is 2.46 bits per heavy atom. The summed E-state index contributed by atoms with van der Waals surface area (Å²) in [5, 5.41) is 3.18. The van der Waals surface area contributed by atoms with Crippen molar-refractivity contribution in [2.75, 3.05) is 17.3 Å². The van der Waals surface area contributed by atoms with Crippen molar-refractivity contribution in [3.05, 3.63) is 47.6 Å². The van der Waals surface area contributed by atoms with Crippen LogP contribution in [0.2, 0.25) is 5.02 Å². The highest BCUT2D eigenvalue weighted by Gasteiger charge is 2.16. The molecule has 1 aromatic heterocycles. The summed E-state index contributed by atoms with van der Waals surface area (Å²) in [6.07, 6.45) is 2.57. The first-order chi connectivity index (χ1) is 11.7. The maximum Gasteiger partial charge on any atom is 0.241 e. The summed E-state index contributed by atoms with van der Waals surface area (Å²) in [5.74, 6) is 0.309. The molecule has 0 aliphatic rings. The van der Waals surface area contributed by atoms with Crippen LogP contribution in [0.5, 0.6) is 11.6 Å². The van der Waals surface area contributed by atoms with Crippen LogP contribution in [0.3, 0.4) is 0 Å². The van der Waals surface area contributed by atoms with Gasteiger partial charge in [0.15, 0.2) is 0 Å². The Hall–Kier alpha value is -1.87. The van der Waals surface area contributed by atoms with Crippen LogP contribution in [0, 0.1) is 0 Å². The van der Waals surface area contributed by atoms with Gasteiger partial charge in [-0.05, 0) is 36.8 Å². The Morgan fingerprint density at radius 1 is 1.27 bits per heavy atom. The van der Waals surface area contributed by atoms with Gasteiger partial charge in [-0.3, -0.25) is 4.79 Å². The summed E-state index contributed by atoms with van der Waals surface area (Å²) >= 11 is 5.80. The molecule has 1 heterocycles. The third-order valence-electron chi connectivity index (χ3n) is 3.18. The fourth-order valence-electron chi connectivity index (χ4n) is 1.85. The lowest BCUT2D eigenvalue weighted by Crippen LogP contribution is -2.37. The lowest BCUT2D eigenvalue weighted by molar-refractivity contribution is -0.117. The SMILES string of the molecule is CS(=O)(=O)CCC(N)C(=O)Nc1ccc(Oc2ccc(Cl)cc2)nc1.Cl. The van der Waals surface area contributed by atoms with E-state index in [0.29, 0.717) is 22.3 Å². The van der Waals surface area contributed by atoms with Crippen LogP contribution in [-0.4, -0.2) is 37.4 Å². The lowest BCUT2D eigenvalue weighted by atomic mass is 10.2. The van der Waals surface area contributed by atoms with Gasteiger partial charge in [-0.15, -0.1) is 12.4 Å². The molecule has 142 valence electrons. The first-order valence-corrected chi connectivity index (χ1v) is 9.80. The number of pyridine rings is 1. The minimum Gasteiger partial charge on any atom is -0.439 e. The van der Waals surface area contributed by atoms with Gasteiger partial charge in [-0.2, -0.15) is 0 Å². The van der Waals surface area contributed by atoms with Gasteiger partial charge < -0.3 is 15.8 Å². The zero-order valence-electron chi connectivity index (χ0n) is 13.9. The van der Waals surface area contributed by atoms with Gasteiger partial charge in [0.25, 0.3) is 0 Å². The van der Waals surface area contributed by atoms with Crippen LogP contribution >= 0.6 is 24.0 Å². The fraction of sp³-hybridized carbons (Fsp3) is 0.250. The summed E-state index contributed by atoms with van der Waals surface area (Å²) in [7, 11) is -3.16. The fourth-order valence-corrected chi connectivity index (χ4v) is 2.65. The predicted octanol–water partition coefficient (Wildman–Crippen LogP) is 2.65. The number of nitrogens with one attached hydrogen (secondary N) is 1. The first kappa shape index (κ1) is 22.2. The largest absolute Gasteiger partial charge is 0.439 e. The summed E-state index contributed by atoms with van der Waals surface area (Å²) in [6, 6.07) is 9.10. The molecule has 2 aromatic rings. The summed E-state index contributed by atoms with van der Waals surface area (Å²) < 4.78 is 27.8. The molecular weight excluding hydrogens is 401 g/mol. The Kier molecular flexibility index (Phi) is 8.29. The molecule has 2 rings (SSSR count). The van der Waals surface area contributed by atoms with E-state index in [0.717, 1.165) is 6.26 Å². The molecule has 1 amide bonds. The zero-order valence-corrected chi connectivity index (χ0v) is 16.3. The van der Waals surface area contributed by atoms with E-state index < -0.39 is 21.8 Å². The highest BCUT2D eigenvalue weighted by molar-refractivity contribution is 7.90. The summed E-state index contributed by atoms with van der Waals surface area (Å²) in [4.78, 5) is 16.0. The van der Waals surface area contributed by atoms with Gasteiger partial charge in [0.05, 0.1) is 23.7 Å². The van der Waals surface area contributed by atoms with E-state index in [1.54, 1.807) is 36.4 Å². The van der Waals surface area contributed by atoms with Crippen molar-refractivity contribution >= 4 is 45.4 Å². The number of nitrogens with two attached hydrogens (primary N) is 1. The van der Waals surface area contributed by atoms with E-state index in [2.05, 4.69) is 10.3 Å². The second-order valence-corrected chi connectivity index (χ2v) is 8.15. The predicted molar refractivity (Wildman–Crippen MR) is 104 cm³/mol. The molecule has 3 N–H and O–H groups in total. The van der Waals surface area contributed by atoms with E-state index in [-0.39, 0.29) is 24.6 Å². The van der Waals surface area contributed by atoms with Crippen LogP contribution in [0.1, 0.15) is 6.42 Å². The van der Waals surface area contributed by atoms with Crippen LogP contribution in [0.15, 0.2) is 42.6 Å². The van der Waals surface area contributed by atoms with Crippen molar-refractivity contribution in [3.63, 3.8) is 0 Å². The number of aromatic nitrogens is 1. The quantitative estimate of drug-likeness (QED) is 0.713. The zero-order chi connectivity index (χ0) is 18.4. The summed E-state index contributed by atoms with van der Waals surface area (Å²) in [5.41, 5.74) is 6.12. The van der Waals surface area contributed by atoms with Crippen LogP contribution < -0.4 is 15.8 Å². The van der Waals surface area contributed by atoms with Gasteiger partial charge in [-0.25, -0.2) is 13.4 Å². The van der Waals surface area contributed by atoms with Crippen molar-refractivity contribution < 1.29 is 17.9 Å². The Labute approximate surface area is 163 Å². The van der Waals surface area contributed by atoms with Gasteiger partial charge in [-0.1, -0.05) is 11.6 Å². The molecule has 0 spiro atoms. The van der Waals surface area contributed by atoms with Crippen molar-refractivity contribution in [1.29, 1.82) is 0 Å². The Balaban J connectivity index is 0.00000338. The van der Waals surface area contributed by atoms with Gasteiger partial charge in [0.1, 0.15) is 15.6 Å². The number of hydrogen-bond donors (Lipinski definition) is 2. The number of anilines is 1. The molecule has 0 fully saturated rings. The number of halogens is 2. The van der Waals surface area contributed by atoms with Crippen molar-refractivity contribution in [1.82, 2.24) is 4.98 Å². The maximum atomic E-state index is 11.9. The van der Waals surface area contributed by atoms with Crippen LogP contribution in [0.25, 0.3) is 0 Å². The van der Waals surface area contributed by atoms with Crippen LogP contribution in [-0.2, 0) is 14.6 Å². The molecule has 0 saturated heterocycles. The molecule has 0 aliphatic carbocycles. The highest BCUT2D eigenvalue weighted by atomic mass is 35.5. The smallest absolute Gasteiger partial charge is 0.241 e. The Morgan fingerprint density at radius 2 is 1.92 bits per heavy atom. The van der Waals surface area contributed by atoms with E-state index in [1.807, 2.05) is 0 Å². The minimum absolute atomic E-state index is 0. The van der Waals surface area contributed by atoms with E-state index in [1.165, 1.54) is 6.20 Å². The molecule has 10 heteroatoms. The maximum absolute atomic E-state index is 11.9. The molecule has 7 nitrogen and oxygen atoms in total. The van der Waals surface area contributed by atoms with E-state index in [9.17, 15) is 13.2 Å². The third kappa shape index (κ3) is 7.57. The number of amides is 1. The molecule has 0 bridgehead atoms. The number of sulfone groups is 1. The van der Waals surface area contributed by atoms with Crippen LogP contribution in [0.4, 0.5) is 5.69 Å². The van der Waals surface area contributed by atoms with Crippen molar-refractivity contribution in [2.24, 2.45) is 5.73 Å². The molecule has 1 aromatic carbocycles. The summed E-state index contributed by atoms with van der Waals surface area (Å²) in [6.45, 7) is 0. The number of benzene rings is 1. The number of rotatable bonds is 7. The monoisotopic (exact) mass is 419 g/mol. The number of nitrogens with zero attached hydrogens (tertiary/aromatic N) is 1. The van der Waals surface area contributed by atoms with Gasteiger partial charge in [0.2, 0.25) is 11.8 Å². The second kappa shape index (κ2) is 9.72. The van der Waals surface area contributed by atoms with Crippen molar-refractivity contribution in [3.8, 4) is 11.6 Å². The van der Waals surface area contributed by atoms with E-state index in [4.69, 9.17) is 22.1 Å². The minimum atomic E-state index is -3.16. The number of carbonyl (C=O) groups excluding carboxylic acids is 1. The lowest BCUT2D eigenvalue weighted by Gasteiger charge is -2.12. The number of ether oxygens (including phenoxy) is 1. The molecule has 1 atom stereocenters. The van der Waals surface area contributed by atoms with E-state index >= 15 is 0 Å². The molecule has 26 heavy (non-hydrogen) atoms. The molecule has 0 aliphatic heterocycles. The number of carbonyl (C=O) groups is 1. The Bertz CT molecular complexity index is 828. The molecule has 1 unspecified atom stereocenters. The number of hydrogen-bond acceptors (Lipinski definition) is 6. The van der Waals surface area contributed by atoms with Crippen molar-refractivity contribution in [2.45, 2.75) is 12.5 Å². The molecule has 0 saturated carbocycles. The molecule has 0 radical (unpaired) electrons. The van der Waals surface area contributed by atoms with Gasteiger partial charge in [0, 0.05) is 17.3 Å². The standard InChI is InChI=1S/C16H18ClN3O4S.ClH/c1-25(22,23)9-8-14(18)16(21)20-12-4-7-15(19-10-12)24-13-5-2-11(17)3-6-13;/h2-7,10,14H,8-9,18H2,1H3,(H,20,21);1H. The molecular formula is C16H19Cl2N3O4S. The highest BCUT2D eigenvalue weighted by Crippen LogP contribution is 2.22. The average molecular weight is 420 g/mol. The van der Waals surface area contributed by atoms with Gasteiger partial charge >= 0.3 is 0 Å². The topological polar surface area (TPSA) is 111 Å². The normalized spacial score (nSPS) is 12.0. The third-order valence-corrected chi connectivity index (χ3v) is 4.41. The average Bonchev–Trinajstić information content (AvgIpc) is 2.56. The first-order valence-electron chi connectivity index (χ1n) is 7.36.